The van der Waals surface area contributed by atoms with Crippen molar-refractivity contribution in [3.63, 3.8) is 0 Å². The fraction of sp³-hybridized carbons (Fsp3) is 0.429. The number of nitrogens with zero attached hydrogens (tertiary/aromatic N) is 2. The number of guanidine groups is 2. The molecule has 19 heavy (non-hydrogen) atoms. The van der Waals surface area contributed by atoms with Gasteiger partial charge in [-0.1, -0.05) is 30.3 Å². The molecular weight excluding hydrogens is 238 g/mol. The summed E-state index contributed by atoms with van der Waals surface area (Å²) in [7, 11) is 0. The van der Waals surface area contributed by atoms with Crippen LogP contribution in [0.2, 0.25) is 0 Å². The first-order chi connectivity index (χ1) is 9.15. The molecule has 0 amide bonds. The minimum absolute atomic E-state index is 0.0981. The zero-order chi connectivity index (χ0) is 13.7. The van der Waals surface area contributed by atoms with Crippen LogP contribution in [0.1, 0.15) is 19.4 Å². The second kappa shape index (κ2) is 6.22. The molecule has 0 radical (unpaired) electrons. The fourth-order valence-electron chi connectivity index (χ4n) is 1.88. The highest BCUT2D eigenvalue weighted by atomic mass is 15.3. The first kappa shape index (κ1) is 13.4. The Morgan fingerprint density at radius 3 is 2.58 bits per heavy atom. The van der Waals surface area contributed by atoms with Gasteiger partial charge < -0.3 is 11.1 Å². The highest BCUT2D eigenvalue weighted by Crippen LogP contribution is 2.04. The molecule has 1 heterocycles. The Labute approximate surface area is 114 Å². The molecule has 0 saturated heterocycles. The lowest BCUT2D eigenvalue weighted by Gasteiger charge is -2.11. The molecule has 0 aliphatic carbocycles. The number of aliphatic imine (C=N–C) groups is 2. The van der Waals surface area contributed by atoms with E-state index >= 15 is 0 Å². The molecule has 1 aliphatic heterocycles. The van der Waals surface area contributed by atoms with Crippen molar-refractivity contribution in [1.82, 2.24) is 10.6 Å². The third kappa shape index (κ3) is 3.98. The predicted molar refractivity (Wildman–Crippen MR) is 79.3 cm³/mol. The van der Waals surface area contributed by atoms with Crippen LogP contribution < -0.4 is 16.4 Å². The van der Waals surface area contributed by atoms with Crippen LogP contribution in [-0.2, 0) is 6.42 Å². The van der Waals surface area contributed by atoms with Gasteiger partial charge in [-0.05, 0) is 25.8 Å². The summed E-state index contributed by atoms with van der Waals surface area (Å²) < 4.78 is 0. The van der Waals surface area contributed by atoms with Crippen molar-refractivity contribution in [3.8, 4) is 0 Å². The first-order valence-corrected chi connectivity index (χ1v) is 6.61. The molecule has 5 nitrogen and oxygen atoms in total. The summed E-state index contributed by atoms with van der Waals surface area (Å²) in [6.07, 6.45) is 0.947. The van der Waals surface area contributed by atoms with Gasteiger partial charge in [0.05, 0.1) is 12.1 Å². The van der Waals surface area contributed by atoms with Crippen LogP contribution in [0.5, 0.6) is 0 Å². The SMILES string of the molecule is CC1N=C(N)NC(NCCc2ccccc2)=NC1C. The number of hydrogen-bond donors (Lipinski definition) is 3. The monoisotopic (exact) mass is 259 g/mol. The molecule has 0 spiro atoms. The zero-order valence-electron chi connectivity index (χ0n) is 11.4. The van der Waals surface area contributed by atoms with Crippen LogP contribution in [0.3, 0.4) is 0 Å². The topological polar surface area (TPSA) is 74.8 Å². The van der Waals surface area contributed by atoms with Crippen LogP contribution in [0.4, 0.5) is 0 Å². The fourth-order valence-corrected chi connectivity index (χ4v) is 1.88. The van der Waals surface area contributed by atoms with Crippen molar-refractivity contribution in [3.05, 3.63) is 35.9 Å². The standard InChI is InChI=1S/C14H21N5/c1-10-11(2)18-14(19-13(15)17-10)16-9-8-12-6-4-3-5-7-12/h3-7,10-11H,8-9H2,1-2H3,(H4,15,16,17,18,19). The van der Waals surface area contributed by atoms with Gasteiger partial charge in [-0.25, -0.2) is 9.98 Å². The lowest BCUT2D eigenvalue weighted by molar-refractivity contribution is 0.608. The Morgan fingerprint density at radius 1 is 1.16 bits per heavy atom. The molecule has 102 valence electrons. The molecule has 1 aromatic carbocycles. The van der Waals surface area contributed by atoms with E-state index in [1.807, 2.05) is 32.0 Å². The maximum atomic E-state index is 5.78. The van der Waals surface area contributed by atoms with Gasteiger partial charge >= 0.3 is 0 Å². The molecule has 2 unspecified atom stereocenters. The van der Waals surface area contributed by atoms with Gasteiger partial charge in [0.25, 0.3) is 0 Å². The lowest BCUT2D eigenvalue weighted by atomic mass is 10.1. The van der Waals surface area contributed by atoms with Crippen molar-refractivity contribution < 1.29 is 0 Å². The van der Waals surface area contributed by atoms with Gasteiger partial charge in [-0.2, -0.15) is 0 Å². The molecule has 4 N–H and O–H groups in total. The maximum Gasteiger partial charge on any atom is 0.198 e. The molecule has 1 aromatic rings. The van der Waals surface area contributed by atoms with E-state index in [2.05, 4.69) is 32.8 Å². The molecule has 5 heteroatoms. The Bertz CT molecular complexity index is 466. The number of nitrogens with one attached hydrogen (secondary N) is 2. The van der Waals surface area contributed by atoms with Crippen molar-refractivity contribution >= 4 is 11.9 Å². The van der Waals surface area contributed by atoms with E-state index in [0.717, 1.165) is 13.0 Å². The second-order valence-corrected chi connectivity index (χ2v) is 4.76. The number of nitrogens with two attached hydrogens (primary N) is 1. The molecule has 1 aliphatic rings. The van der Waals surface area contributed by atoms with E-state index in [1.165, 1.54) is 5.56 Å². The zero-order valence-corrected chi connectivity index (χ0v) is 11.4. The van der Waals surface area contributed by atoms with Crippen LogP contribution in [0, 0.1) is 0 Å². The first-order valence-electron chi connectivity index (χ1n) is 6.61. The molecule has 2 atom stereocenters. The number of benzene rings is 1. The highest BCUT2D eigenvalue weighted by molar-refractivity contribution is 5.98. The van der Waals surface area contributed by atoms with Gasteiger partial charge in [0, 0.05) is 6.54 Å². The van der Waals surface area contributed by atoms with Crippen molar-refractivity contribution in [2.45, 2.75) is 32.4 Å². The summed E-state index contributed by atoms with van der Waals surface area (Å²) in [5.74, 6) is 1.12. The molecule has 0 bridgehead atoms. The van der Waals surface area contributed by atoms with Crippen LogP contribution in [0.25, 0.3) is 0 Å². The Hall–Kier alpha value is -2.04. The van der Waals surface area contributed by atoms with Gasteiger partial charge in [0.15, 0.2) is 11.9 Å². The van der Waals surface area contributed by atoms with Gasteiger partial charge in [-0.3, -0.25) is 5.32 Å². The number of rotatable bonds is 3. The van der Waals surface area contributed by atoms with E-state index in [1.54, 1.807) is 0 Å². The molecule has 0 saturated carbocycles. The third-order valence-electron chi connectivity index (χ3n) is 3.17. The normalized spacial score (nSPS) is 22.8. The van der Waals surface area contributed by atoms with E-state index in [-0.39, 0.29) is 12.1 Å². The highest BCUT2D eigenvalue weighted by Gasteiger charge is 2.15. The molecule has 0 aromatic heterocycles. The van der Waals surface area contributed by atoms with E-state index < -0.39 is 0 Å². The van der Waals surface area contributed by atoms with E-state index in [4.69, 9.17) is 5.73 Å². The minimum atomic E-state index is 0.0981. The van der Waals surface area contributed by atoms with Crippen LogP contribution >= 0.6 is 0 Å². The van der Waals surface area contributed by atoms with Gasteiger partial charge in [0.2, 0.25) is 0 Å². The Balaban J connectivity index is 1.89. The summed E-state index contributed by atoms with van der Waals surface area (Å²) >= 11 is 0. The lowest BCUT2D eigenvalue weighted by Crippen LogP contribution is -2.44. The van der Waals surface area contributed by atoms with Gasteiger partial charge in [-0.15, -0.1) is 0 Å². The van der Waals surface area contributed by atoms with Crippen molar-refractivity contribution in [1.29, 1.82) is 0 Å². The summed E-state index contributed by atoms with van der Waals surface area (Å²) in [6.45, 7) is 4.85. The minimum Gasteiger partial charge on any atom is -0.370 e. The quantitative estimate of drug-likeness (QED) is 0.754. The van der Waals surface area contributed by atoms with E-state index in [0.29, 0.717) is 11.9 Å². The molecule has 0 fully saturated rings. The van der Waals surface area contributed by atoms with Crippen molar-refractivity contribution in [2.24, 2.45) is 15.7 Å². The van der Waals surface area contributed by atoms with Crippen LogP contribution in [-0.4, -0.2) is 30.5 Å². The van der Waals surface area contributed by atoms with E-state index in [9.17, 15) is 0 Å². The number of hydrogen-bond acceptors (Lipinski definition) is 5. The average Bonchev–Trinajstić information content (AvgIpc) is 2.50. The predicted octanol–water partition coefficient (Wildman–Crippen LogP) is 0.870. The smallest absolute Gasteiger partial charge is 0.198 e. The summed E-state index contributed by atoms with van der Waals surface area (Å²) in [6, 6.07) is 10.6. The second-order valence-electron chi connectivity index (χ2n) is 4.76. The summed E-state index contributed by atoms with van der Waals surface area (Å²) in [4.78, 5) is 8.84. The third-order valence-corrected chi connectivity index (χ3v) is 3.17. The molecular formula is C14H21N5. The van der Waals surface area contributed by atoms with Gasteiger partial charge in [0.1, 0.15) is 0 Å². The maximum absolute atomic E-state index is 5.78. The van der Waals surface area contributed by atoms with Crippen molar-refractivity contribution in [2.75, 3.05) is 6.54 Å². The summed E-state index contributed by atoms with van der Waals surface area (Å²) in [5, 5.41) is 6.26. The Kier molecular flexibility index (Phi) is 4.39. The molecule has 2 rings (SSSR count). The largest absolute Gasteiger partial charge is 0.370 e. The summed E-state index contributed by atoms with van der Waals surface area (Å²) in [5.41, 5.74) is 7.08. The van der Waals surface area contributed by atoms with Crippen LogP contribution in [0.15, 0.2) is 40.3 Å². The Morgan fingerprint density at radius 2 is 1.84 bits per heavy atom. The average molecular weight is 259 g/mol.